The van der Waals surface area contributed by atoms with Crippen LogP contribution in [0.5, 0.6) is 0 Å². The van der Waals surface area contributed by atoms with Gasteiger partial charge in [-0.1, -0.05) is 0 Å². The molecule has 1 N–H and O–H groups in total. The normalized spacial score (nSPS) is 10.5. The summed E-state index contributed by atoms with van der Waals surface area (Å²) in [6.07, 6.45) is 1.09. The van der Waals surface area contributed by atoms with Crippen molar-refractivity contribution in [2.24, 2.45) is 0 Å². The fraction of sp³-hybridized carbons (Fsp3) is 0.571. The first kappa shape index (κ1) is 10.4. The Kier molecular flexibility index (Phi) is 5.35. The molecule has 66 valence electrons. The van der Waals surface area contributed by atoms with Crippen molar-refractivity contribution in [1.29, 1.82) is 5.39 Å². The van der Waals surface area contributed by atoms with Crippen LogP contribution in [0.15, 0.2) is 12.0 Å². The Hall–Kier alpha value is -1.57. The standard InChI is InChI=1S/C7H10N2O3/c1-2-12-7(11)4-3-6(10)5-9-8/h5H,2-4H2,1H3/p+1/b6-5-. The Bertz CT molecular complexity index is 217. The summed E-state index contributed by atoms with van der Waals surface area (Å²) < 4.78 is 4.60. The number of diazo groups is 1. The number of esters is 1. The van der Waals surface area contributed by atoms with E-state index in [4.69, 9.17) is 10.5 Å². The van der Waals surface area contributed by atoms with Crippen molar-refractivity contribution in [2.75, 3.05) is 6.61 Å². The van der Waals surface area contributed by atoms with E-state index in [0.717, 1.165) is 6.20 Å². The molecule has 0 unspecified atom stereocenters. The van der Waals surface area contributed by atoms with E-state index in [1.165, 1.54) is 0 Å². The molecule has 0 saturated carbocycles. The molecule has 0 rings (SSSR count). The maximum atomic E-state index is 10.7. The largest absolute Gasteiger partial charge is 0.505 e. The molecule has 0 aliphatic carbocycles. The first-order valence-corrected chi connectivity index (χ1v) is 3.58. The van der Waals surface area contributed by atoms with Crippen molar-refractivity contribution in [2.45, 2.75) is 19.8 Å². The average Bonchev–Trinajstić information content (AvgIpc) is 2.02. The zero-order chi connectivity index (χ0) is 9.40. The van der Waals surface area contributed by atoms with E-state index in [1.54, 1.807) is 6.92 Å². The van der Waals surface area contributed by atoms with E-state index in [-0.39, 0.29) is 24.6 Å². The van der Waals surface area contributed by atoms with Crippen LogP contribution in [0.25, 0.3) is 4.98 Å². The van der Waals surface area contributed by atoms with Crippen LogP contribution in [0.1, 0.15) is 19.8 Å². The molecular weight excluding hydrogens is 160 g/mol. The predicted molar refractivity (Wildman–Crippen MR) is 41.7 cm³/mol. The predicted octanol–water partition coefficient (Wildman–Crippen LogP) is 1.58. The molecule has 0 aliphatic rings. The van der Waals surface area contributed by atoms with Crippen LogP contribution in [0.2, 0.25) is 0 Å². The summed E-state index contributed by atoms with van der Waals surface area (Å²) in [6.45, 7) is 2.03. The van der Waals surface area contributed by atoms with Crippen LogP contribution >= 0.6 is 0 Å². The molecule has 0 aromatic heterocycles. The number of hydrogen-bond acceptors (Lipinski definition) is 4. The lowest BCUT2D eigenvalue weighted by atomic mass is 10.3. The highest BCUT2D eigenvalue weighted by molar-refractivity contribution is 5.69. The minimum Gasteiger partial charge on any atom is -0.505 e. The van der Waals surface area contributed by atoms with Gasteiger partial charge in [0.15, 0.2) is 10.7 Å². The molecule has 0 aromatic carbocycles. The van der Waals surface area contributed by atoms with Crippen molar-refractivity contribution in [3.63, 3.8) is 0 Å². The van der Waals surface area contributed by atoms with Crippen LogP contribution in [-0.2, 0) is 9.53 Å². The van der Waals surface area contributed by atoms with Crippen LogP contribution in [-0.4, -0.2) is 17.7 Å². The summed E-state index contributed by atoms with van der Waals surface area (Å²) in [6, 6.07) is 0. The molecule has 5 heteroatoms. The van der Waals surface area contributed by atoms with Crippen LogP contribution in [0.3, 0.4) is 0 Å². The van der Waals surface area contributed by atoms with E-state index >= 15 is 0 Å². The highest BCUT2D eigenvalue weighted by atomic mass is 16.5. The third kappa shape index (κ3) is 5.23. The summed E-state index contributed by atoms with van der Waals surface area (Å²) in [7, 11) is 0. The lowest BCUT2D eigenvalue weighted by Crippen LogP contribution is -2.03. The van der Waals surface area contributed by atoms with Gasteiger partial charge in [0.25, 0.3) is 0 Å². The maximum Gasteiger partial charge on any atom is 0.387 e. The molecule has 0 radical (unpaired) electrons. The molecular formula is C7H11N2O3+. The van der Waals surface area contributed by atoms with Gasteiger partial charge in [-0.3, -0.25) is 4.79 Å². The van der Waals surface area contributed by atoms with Gasteiger partial charge in [0, 0.05) is 6.42 Å². The van der Waals surface area contributed by atoms with Gasteiger partial charge in [-0.15, -0.1) is 0 Å². The minimum absolute atomic E-state index is 0.0890. The van der Waals surface area contributed by atoms with Crippen molar-refractivity contribution >= 4 is 5.97 Å². The molecule has 0 amide bonds. The van der Waals surface area contributed by atoms with Crippen LogP contribution < -0.4 is 0 Å². The number of rotatable bonds is 4. The van der Waals surface area contributed by atoms with Crippen molar-refractivity contribution in [3.8, 4) is 0 Å². The lowest BCUT2D eigenvalue weighted by molar-refractivity contribution is -0.143. The third-order valence-electron chi connectivity index (χ3n) is 1.10. The Morgan fingerprint density at radius 2 is 2.33 bits per heavy atom. The summed E-state index contributed by atoms with van der Waals surface area (Å²) in [4.78, 5) is 13.3. The van der Waals surface area contributed by atoms with E-state index in [0.29, 0.717) is 6.61 Å². The zero-order valence-electron chi connectivity index (χ0n) is 6.86. The number of ether oxygens (including phenoxy) is 1. The molecule has 0 aliphatic heterocycles. The Labute approximate surface area is 70.3 Å². The van der Waals surface area contributed by atoms with Crippen molar-refractivity contribution < 1.29 is 14.6 Å². The van der Waals surface area contributed by atoms with Gasteiger partial charge in [-0.25, -0.2) is 0 Å². The Balaban J connectivity index is 3.63. The Morgan fingerprint density at radius 1 is 1.67 bits per heavy atom. The number of carbonyl (C=O) groups excluding carboxylic acids is 1. The van der Waals surface area contributed by atoms with E-state index in [1.807, 2.05) is 0 Å². The van der Waals surface area contributed by atoms with Gasteiger partial charge in [0.05, 0.1) is 13.0 Å². The first-order chi connectivity index (χ1) is 5.70. The van der Waals surface area contributed by atoms with Crippen molar-refractivity contribution in [3.05, 3.63) is 16.9 Å². The Morgan fingerprint density at radius 3 is 2.83 bits per heavy atom. The number of aliphatic hydroxyl groups excluding tert-OH is 1. The second kappa shape index (κ2) is 6.16. The minimum atomic E-state index is -0.379. The number of nitrogens with zero attached hydrogens (tertiary/aromatic N) is 2. The molecule has 0 fully saturated rings. The highest BCUT2D eigenvalue weighted by Gasteiger charge is 2.05. The van der Waals surface area contributed by atoms with E-state index in [9.17, 15) is 4.79 Å². The summed E-state index contributed by atoms with van der Waals surface area (Å²) >= 11 is 0. The number of carbonyl (C=O) groups is 1. The summed E-state index contributed by atoms with van der Waals surface area (Å²) in [5, 5.41) is 16.8. The summed E-state index contributed by atoms with van der Waals surface area (Å²) in [5.41, 5.74) is 0. The highest BCUT2D eigenvalue weighted by Crippen LogP contribution is 2.02. The molecule has 0 atom stereocenters. The first-order valence-electron chi connectivity index (χ1n) is 3.58. The zero-order valence-corrected chi connectivity index (χ0v) is 6.86. The van der Waals surface area contributed by atoms with Gasteiger partial charge in [-0.2, -0.15) is 0 Å². The maximum absolute atomic E-state index is 10.7. The average molecular weight is 171 g/mol. The second-order valence-corrected chi connectivity index (χ2v) is 2.04. The second-order valence-electron chi connectivity index (χ2n) is 2.04. The number of aliphatic hydroxyl groups is 1. The number of allylic oxidation sites excluding steroid dienone is 1. The fourth-order valence-corrected chi connectivity index (χ4v) is 0.594. The molecule has 0 spiro atoms. The lowest BCUT2D eigenvalue weighted by Gasteiger charge is -1.98. The van der Waals surface area contributed by atoms with Gasteiger partial charge in [0.1, 0.15) is 0 Å². The van der Waals surface area contributed by atoms with Crippen LogP contribution in [0.4, 0.5) is 0 Å². The van der Waals surface area contributed by atoms with E-state index < -0.39 is 0 Å². The van der Waals surface area contributed by atoms with Gasteiger partial charge in [-0.05, 0) is 6.92 Å². The molecule has 0 bridgehead atoms. The smallest absolute Gasteiger partial charge is 0.387 e. The van der Waals surface area contributed by atoms with Crippen molar-refractivity contribution in [1.82, 2.24) is 0 Å². The molecule has 0 heterocycles. The molecule has 12 heavy (non-hydrogen) atoms. The number of hydrogen-bond donors (Lipinski definition) is 1. The molecule has 0 aromatic rings. The van der Waals surface area contributed by atoms with Gasteiger partial charge < -0.3 is 9.84 Å². The topological polar surface area (TPSA) is 74.7 Å². The summed E-state index contributed by atoms with van der Waals surface area (Å²) in [5.74, 6) is -0.527. The quantitative estimate of drug-likeness (QED) is 0.396. The van der Waals surface area contributed by atoms with Crippen LogP contribution in [0, 0.1) is 5.39 Å². The molecule has 5 nitrogen and oxygen atoms in total. The SMILES string of the molecule is CCOC(=O)CC/C(O)=C/[N+]#N. The van der Waals surface area contributed by atoms with E-state index in [2.05, 4.69) is 9.71 Å². The van der Waals surface area contributed by atoms with Gasteiger partial charge >= 0.3 is 12.2 Å². The monoisotopic (exact) mass is 171 g/mol. The fourth-order valence-electron chi connectivity index (χ4n) is 0.594. The van der Waals surface area contributed by atoms with Gasteiger partial charge in [0.2, 0.25) is 5.39 Å². The molecule has 0 saturated heterocycles. The third-order valence-corrected chi connectivity index (χ3v) is 1.10.